The molecule has 24 heavy (non-hydrogen) atoms. The normalized spacial score (nSPS) is 11.1. The van der Waals surface area contributed by atoms with Crippen LogP contribution in [0.15, 0.2) is 49.1 Å². The zero-order chi connectivity index (χ0) is 16.7. The van der Waals surface area contributed by atoms with Crippen LogP contribution >= 0.6 is 11.3 Å². The molecule has 0 radical (unpaired) electrons. The van der Waals surface area contributed by atoms with Gasteiger partial charge in [0.05, 0.1) is 10.6 Å². The molecule has 0 saturated heterocycles. The first-order chi connectivity index (χ1) is 11.6. The number of fused-ring (bicyclic) bond motifs is 1. The first-order valence-corrected chi connectivity index (χ1v) is 8.37. The number of pyridine rings is 1. The number of hydrogen-bond acceptors (Lipinski definition) is 4. The van der Waals surface area contributed by atoms with Gasteiger partial charge in [0.15, 0.2) is 0 Å². The highest BCUT2D eigenvalue weighted by atomic mass is 32.1. The molecule has 0 N–H and O–H groups in total. The molecule has 4 rings (SSSR count). The minimum absolute atomic E-state index is 0.462. The second-order valence-corrected chi connectivity index (χ2v) is 6.76. The minimum atomic E-state index is -0.462. The van der Waals surface area contributed by atoms with E-state index in [1.807, 2.05) is 32.2 Å². The summed E-state index contributed by atoms with van der Waals surface area (Å²) >= 11 is 1.67. The van der Waals surface area contributed by atoms with Crippen molar-refractivity contribution in [1.82, 2.24) is 15.0 Å². The molecule has 0 saturated carbocycles. The zero-order valence-electron chi connectivity index (χ0n) is 13.2. The number of nitrogens with zero attached hydrogens (tertiary/aromatic N) is 3. The Morgan fingerprint density at radius 1 is 0.958 bits per heavy atom. The fraction of sp³-hybridized carbons (Fsp3) is 0.105. The number of halogens is 1. The second kappa shape index (κ2) is 5.76. The van der Waals surface area contributed by atoms with Crippen LogP contribution < -0.4 is 0 Å². The van der Waals surface area contributed by atoms with Crippen molar-refractivity contribution in [3.63, 3.8) is 0 Å². The van der Waals surface area contributed by atoms with Gasteiger partial charge < -0.3 is 0 Å². The van der Waals surface area contributed by atoms with Crippen LogP contribution in [0.4, 0.5) is 4.39 Å². The SMILES string of the molecule is Cc1cnc(F)cc1-c1cccc2cc(-c3ncncc3C)sc12. The maximum absolute atomic E-state index is 13.6. The Kier molecular flexibility index (Phi) is 3.58. The summed E-state index contributed by atoms with van der Waals surface area (Å²) < 4.78 is 14.8. The number of hydrogen-bond donors (Lipinski definition) is 0. The smallest absolute Gasteiger partial charge is 0.213 e. The summed E-state index contributed by atoms with van der Waals surface area (Å²) in [6.45, 7) is 3.95. The van der Waals surface area contributed by atoms with Crippen LogP contribution in [-0.4, -0.2) is 15.0 Å². The first kappa shape index (κ1) is 14.9. The Hall–Kier alpha value is -2.66. The van der Waals surface area contributed by atoms with Crippen LogP contribution in [0.2, 0.25) is 0 Å². The van der Waals surface area contributed by atoms with Gasteiger partial charge in [0, 0.05) is 23.2 Å². The number of thiophene rings is 1. The lowest BCUT2D eigenvalue weighted by Gasteiger charge is -2.07. The van der Waals surface area contributed by atoms with Gasteiger partial charge in [-0.1, -0.05) is 18.2 Å². The Balaban J connectivity index is 1.96. The summed E-state index contributed by atoms with van der Waals surface area (Å²) in [6, 6.07) is 9.73. The molecule has 118 valence electrons. The minimum Gasteiger partial charge on any atom is -0.245 e. The fourth-order valence-electron chi connectivity index (χ4n) is 2.84. The number of aromatic nitrogens is 3. The van der Waals surface area contributed by atoms with Gasteiger partial charge in [-0.05, 0) is 47.6 Å². The molecule has 0 fully saturated rings. The number of aryl methyl sites for hydroxylation is 2. The number of rotatable bonds is 2. The zero-order valence-corrected chi connectivity index (χ0v) is 14.1. The predicted molar refractivity (Wildman–Crippen MR) is 95.5 cm³/mol. The van der Waals surface area contributed by atoms with Crippen molar-refractivity contribution in [3.8, 4) is 21.7 Å². The van der Waals surface area contributed by atoms with E-state index in [1.54, 1.807) is 23.9 Å². The molecule has 1 aromatic carbocycles. The van der Waals surface area contributed by atoms with Crippen molar-refractivity contribution in [3.05, 3.63) is 66.1 Å². The Bertz CT molecular complexity index is 1060. The van der Waals surface area contributed by atoms with E-state index in [1.165, 1.54) is 6.07 Å². The molecular formula is C19H14FN3S. The fourth-order valence-corrected chi connectivity index (χ4v) is 4.09. The molecule has 0 aliphatic carbocycles. The van der Waals surface area contributed by atoms with Gasteiger partial charge in [-0.15, -0.1) is 11.3 Å². The molecule has 0 aliphatic heterocycles. The van der Waals surface area contributed by atoms with Crippen LogP contribution in [0.5, 0.6) is 0 Å². The van der Waals surface area contributed by atoms with Crippen molar-refractivity contribution >= 4 is 21.4 Å². The van der Waals surface area contributed by atoms with Gasteiger partial charge in [-0.3, -0.25) is 0 Å². The van der Waals surface area contributed by atoms with Gasteiger partial charge in [0.1, 0.15) is 6.33 Å². The Morgan fingerprint density at radius 2 is 1.83 bits per heavy atom. The Morgan fingerprint density at radius 3 is 2.67 bits per heavy atom. The predicted octanol–water partition coefficient (Wildman–Crippen LogP) is 5.18. The maximum atomic E-state index is 13.6. The third-order valence-corrected chi connectivity index (χ3v) is 5.22. The molecule has 0 bridgehead atoms. The standard InChI is InChI=1S/C19H14FN3S/c1-11-9-22-17(20)7-15(11)14-5-3-4-13-6-16(24-19(13)14)18-12(2)8-21-10-23-18/h3-10H,1-2H3. The van der Waals surface area contributed by atoms with Gasteiger partial charge in [-0.2, -0.15) is 4.39 Å². The average molecular weight is 335 g/mol. The van der Waals surface area contributed by atoms with Gasteiger partial charge in [-0.25, -0.2) is 15.0 Å². The summed E-state index contributed by atoms with van der Waals surface area (Å²) in [5.74, 6) is -0.462. The van der Waals surface area contributed by atoms with E-state index < -0.39 is 5.95 Å². The largest absolute Gasteiger partial charge is 0.245 e. The van der Waals surface area contributed by atoms with Crippen molar-refractivity contribution in [2.75, 3.05) is 0 Å². The lowest BCUT2D eigenvalue weighted by molar-refractivity contribution is 0.583. The second-order valence-electron chi connectivity index (χ2n) is 5.71. The third kappa shape index (κ3) is 2.47. The lowest BCUT2D eigenvalue weighted by Crippen LogP contribution is -1.89. The van der Waals surface area contributed by atoms with E-state index in [9.17, 15) is 4.39 Å². The van der Waals surface area contributed by atoms with E-state index >= 15 is 0 Å². The molecule has 0 spiro atoms. The van der Waals surface area contributed by atoms with Crippen LogP contribution in [-0.2, 0) is 0 Å². The van der Waals surface area contributed by atoms with Crippen LogP contribution in [0, 0.1) is 19.8 Å². The molecule has 3 aromatic heterocycles. The van der Waals surface area contributed by atoms with Crippen LogP contribution in [0.3, 0.4) is 0 Å². The summed E-state index contributed by atoms with van der Waals surface area (Å²) in [5, 5.41) is 1.13. The topological polar surface area (TPSA) is 38.7 Å². The van der Waals surface area contributed by atoms with Crippen molar-refractivity contribution in [1.29, 1.82) is 0 Å². The van der Waals surface area contributed by atoms with Crippen molar-refractivity contribution < 1.29 is 4.39 Å². The monoisotopic (exact) mass is 335 g/mol. The summed E-state index contributed by atoms with van der Waals surface area (Å²) in [5.41, 5.74) is 4.83. The molecular weight excluding hydrogens is 321 g/mol. The quantitative estimate of drug-likeness (QED) is 0.474. The molecule has 3 heterocycles. The van der Waals surface area contributed by atoms with E-state index in [4.69, 9.17) is 0 Å². The molecule has 0 atom stereocenters. The van der Waals surface area contributed by atoms with Crippen LogP contribution in [0.25, 0.3) is 31.8 Å². The third-order valence-electron chi connectivity index (χ3n) is 4.03. The lowest BCUT2D eigenvalue weighted by atomic mass is 10.0. The average Bonchev–Trinajstić information content (AvgIpc) is 3.01. The van der Waals surface area contributed by atoms with E-state index in [2.05, 4.69) is 27.1 Å². The van der Waals surface area contributed by atoms with Gasteiger partial charge in [0.2, 0.25) is 5.95 Å². The summed E-state index contributed by atoms with van der Waals surface area (Å²) in [7, 11) is 0. The first-order valence-electron chi connectivity index (χ1n) is 7.55. The van der Waals surface area contributed by atoms with Gasteiger partial charge in [0.25, 0.3) is 0 Å². The molecule has 0 amide bonds. The molecule has 5 heteroatoms. The maximum Gasteiger partial charge on any atom is 0.213 e. The molecule has 0 aliphatic rings. The number of benzene rings is 1. The van der Waals surface area contributed by atoms with E-state index in [-0.39, 0.29) is 0 Å². The van der Waals surface area contributed by atoms with E-state index in [0.29, 0.717) is 0 Å². The van der Waals surface area contributed by atoms with Crippen molar-refractivity contribution in [2.24, 2.45) is 0 Å². The highest BCUT2D eigenvalue weighted by molar-refractivity contribution is 7.22. The molecule has 0 unspecified atom stereocenters. The van der Waals surface area contributed by atoms with Crippen molar-refractivity contribution in [2.45, 2.75) is 13.8 Å². The Labute approximate surface area is 142 Å². The van der Waals surface area contributed by atoms with Gasteiger partial charge >= 0.3 is 0 Å². The van der Waals surface area contributed by atoms with Crippen LogP contribution in [0.1, 0.15) is 11.1 Å². The molecule has 3 nitrogen and oxygen atoms in total. The highest BCUT2D eigenvalue weighted by Gasteiger charge is 2.13. The van der Waals surface area contributed by atoms with E-state index in [0.717, 1.165) is 42.9 Å². The highest BCUT2D eigenvalue weighted by Crippen LogP contribution is 2.40. The molecule has 4 aromatic rings. The summed E-state index contributed by atoms with van der Waals surface area (Å²) in [4.78, 5) is 13.3. The summed E-state index contributed by atoms with van der Waals surface area (Å²) in [6.07, 6.45) is 4.96.